The third-order valence-electron chi connectivity index (χ3n) is 33.2. The van der Waals surface area contributed by atoms with E-state index in [2.05, 4.69) is 41.5 Å². The third kappa shape index (κ3) is 11.5. The highest BCUT2D eigenvalue weighted by molar-refractivity contribution is 5.78. The highest BCUT2D eigenvalue weighted by Gasteiger charge is 2.71. The molecule has 25 atom stereocenters. The molecule has 530 valence electrons. The van der Waals surface area contributed by atoms with Gasteiger partial charge in [-0.25, -0.2) is 0 Å². The first-order valence-corrected chi connectivity index (χ1v) is 40.7. The molecule has 95 heavy (non-hydrogen) atoms. The van der Waals surface area contributed by atoms with Crippen molar-refractivity contribution in [1.29, 1.82) is 0 Å². The molecule has 0 heterocycles. The van der Waals surface area contributed by atoms with Crippen LogP contribution in [0.25, 0.3) is 0 Å². The Morgan fingerprint density at radius 3 is 1.16 bits per heavy atom. The fraction of sp³-hybridized carbons (Fsp3) is 0.928. The zero-order valence-corrected chi connectivity index (χ0v) is 60.8. The van der Waals surface area contributed by atoms with E-state index in [-0.39, 0.29) is 94.6 Å². The average Bonchev–Trinajstić information content (AvgIpc) is 1.58. The van der Waals surface area contributed by atoms with Gasteiger partial charge in [-0.1, -0.05) is 54.4 Å². The van der Waals surface area contributed by atoms with Crippen molar-refractivity contribution in [2.24, 2.45) is 165 Å². The second kappa shape index (κ2) is 25.4. The summed E-state index contributed by atoms with van der Waals surface area (Å²) in [6, 6.07) is 0. The van der Waals surface area contributed by atoms with E-state index in [1.165, 1.54) is 109 Å². The zero-order valence-electron chi connectivity index (χ0n) is 60.8. The van der Waals surface area contributed by atoms with Gasteiger partial charge in [-0.3, -0.25) is 28.8 Å². The molecule has 12 heteroatoms. The van der Waals surface area contributed by atoms with Gasteiger partial charge < -0.3 is 28.4 Å². The summed E-state index contributed by atoms with van der Waals surface area (Å²) < 4.78 is 37.5. The average molecular weight is 1320 g/mol. The van der Waals surface area contributed by atoms with E-state index >= 15 is 0 Å². The second-order valence-corrected chi connectivity index (χ2v) is 38.3. The highest BCUT2D eigenvalue weighted by atomic mass is 16.6. The van der Waals surface area contributed by atoms with E-state index in [0.717, 1.165) is 126 Å². The Balaban J connectivity index is 0.000000118. The van der Waals surface area contributed by atoms with Crippen LogP contribution in [0.15, 0.2) is 0 Å². The minimum absolute atomic E-state index is 0.0103. The number of carbonyl (C=O) groups excluding carboxylic acids is 6. The molecule has 0 aromatic heterocycles. The van der Waals surface area contributed by atoms with Crippen molar-refractivity contribution in [1.82, 2.24) is 0 Å². The molecule has 18 fully saturated rings. The molecule has 25 unspecified atom stereocenters. The van der Waals surface area contributed by atoms with Crippen LogP contribution in [0.4, 0.5) is 0 Å². The summed E-state index contributed by atoms with van der Waals surface area (Å²) in [6.07, 6.45) is 36.1. The summed E-state index contributed by atoms with van der Waals surface area (Å²) in [6.45, 7) is 22.7. The number of ether oxygens (including phenoxy) is 6. The van der Waals surface area contributed by atoms with Crippen molar-refractivity contribution in [3.63, 3.8) is 0 Å². The van der Waals surface area contributed by atoms with Crippen LogP contribution < -0.4 is 0 Å². The van der Waals surface area contributed by atoms with Gasteiger partial charge in [-0.05, 0) is 357 Å². The molecule has 18 saturated carbocycles. The molecule has 18 aliphatic rings. The molecule has 18 aliphatic carbocycles. The lowest BCUT2D eigenvalue weighted by Crippen LogP contribution is -2.60. The summed E-state index contributed by atoms with van der Waals surface area (Å²) in [7, 11) is 0. The van der Waals surface area contributed by atoms with Gasteiger partial charge in [-0.2, -0.15) is 0 Å². The third-order valence-corrected chi connectivity index (χ3v) is 33.2. The summed E-state index contributed by atoms with van der Waals surface area (Å²) in [4.78, 5) is 78.5. The number of fused-ring (bicyclic) bond motifs is 27. The van der Waals surface area contributed by atoms with Gasteiger partial charge in [0.2, 0.25) is 0 Å². The molecule has 0 aromatic carbocycles. The van der Waals surface area contributed by atoms with E-state index in [1.807, 2.05) is 34.6 Å². The first kappa shape index (κ1) is 67.6. The van der Waals surface area contributed by atoms with Crippen molar-refractivity contribution in [3.8, 4) is 0 Å². The Morgan fingerprint density at radius 1 is 0.400 bits per heavy atom. The van der Waals surface area contributed by atoms with Crippen molar-refractivity contribution >= 4 is 35.8 Å². The smallest absolute Gasteiger partial charge is 0.311 e. The molecule has 18 rings (SSSR count). The van der Waals surface area contributed by atoms with Crippen LogP contribution in [0.1, 0.15) is 282 Å². The van der Waals surface area contributed by atoms with Gasteiger partial charge in [0.1, 0.15) is 35.1 Å². The minimum atomic E-state index is -0.406. The van der Waals surface area contributed by atoms with Gasteiger partial charge >= 0.3 is 35.8 Å². The topological polar surface area (TPSA) is 158 Å². The largest absolute Gasteiger partial charge is 0.462 e. The summed E-state index contributed by atoms with van der Waals surface area (Å²) in [5.41, 5.74) is -1.42. The van der Waals surface area contributed by atoms with Crippen LogP contribution in [0.2, 0.25) is 0 Å². The SMILES string of the molecule is CCC(C)(C)C(=O)OC1CC2CC1C1C3CC(CC3C(=O)OC3(C)CCCCC3)C21.CCC(C)C(=O)OC1CC2CC1C1C3CC(CC3C(=O)OC3(CC)C4CC5CC(C4)CC3C5)C21.CCC1(OC(=O)C2CC3CC2C2C4CC(CC4OC(=O)C(C)(C)CC)C32)CCCCC1. The molecule has 12 nitrogen and oxygen atoms in total. The first-order chi connectivity index (χ1) is 45.4. The van der Waals surface area contributed by atoms with Gasteiger partial charge in [0, 0.05) is 0 Å². The lowest BCUT2D eigenvalue weighted by molar-refractivity contribution is -0.217. The summed E-state index contributed by atoms with van der Waals surface area (Å²) >= 11 is 0. The van der Waals surface area contributed by atoms with Crippen LogP contribution in [0.3, 0.4) is 0 Å². The van der Waals surface area contributed by atoms with Gasteiger partial charge in [-0.15, -0.1) is 0 Å². The van der Waals surface area contributed by atoms with Crippen molar-refractivity contribution < 1.29 is 57.2 Å². The maximum absolute atomic E-state index is 13.9. The second-order valence-electron chi connectivity index (χ2n) is 38.3. The van der Waals surface area contributed by atoms with Crippen molar-refractivity contribution in [2.45, 2.75) is 317 Å². The number of rotatable bonds is 17. The van der Waals surface area contributed by atoms with E-state index in [0.29, 0.717) is 101 Å². The van der Waals surface area contributed by atoms with Crippen molar-refractivity contribution in [3.05, 3.63) is 0 Å². The number of esters is 6. The molecule has 0 N–H and O–H groups in total. The molecule has 0 radical (unpaired) electrons. The monoisotopic (exact) mass is 1310 g/mol. The van der Waals surface area contributed by atoms with E-state index in [1.54, 1.807) is 0 Å². The molecular formula is C83H126O12. The Kier molecular flexibility index (Phi) is 18.1. The highest BCUT2D eigenvalue weighted by Crippen LogP contribution is 2.73. The lowest BCUT2D eigenvalue weighted by Gasteiger charge is -2.60. The summed E-state index contributed by atoms with van der Waals surface area (Å²) in [5.74, 6) is 14.5. The van der Waals surface area contributed by atoms with E-state index in [9.17, 15) is 28.8 Å². The van der Waals surface area contributed by atoms with Crippen LogP contribution in [-0.4, -0.2) is 70.9 Å². The van der Waals surface area contributed by atoms with Crippen LogP contribution in [0, 0.1) is 165 Å². The van der Waals surface area contributed by atoms with Crippen LogP contribution >= 0.6 is 0 Å². The molecule has 0 amide bonds. The fourth-order valence-electron chi connectivity index (χ4n) is 28.0. The maximum atomic E-state index is 13.9. The molecule has 0 spiro atoms. The van der Waals surface area contributed by atoms with Crippen LogP contribution in [-0.2, 0) is 57.2 Å². The predicted molar refractivity (Wildman–Crippen MR) is 362 cm³/mol. The Bertz CT molecular complexity index is 2870. The Morgan fingerprint density at radius 2 is 0.768 bits per heavy atom. The minimum Gasteiger partial charge on any atom is -0.462 e. The molecule has 16 bridgehead atoms. The number of hydrogen-bond acceptors (Lipinski definition) is 12. The van der Waals surface area contributed by atoms with Gasteiger partial charge in [0.25, 0.3) is 0 Å². The maximum Gasteiger partial charge on any atom is 0.311 e. The standard InChI is InChI=1S/C30H44O4.C27H42O4.C26H40O4/c1-4-15(3)28(31)33-25-14-19-13-24(25)27-22-11-18(26(19)27)12-23(22)29(32)34-30(5-2)20-7-16-6-17(9-20)10-21(30)8-16;1-5-26(3,4)25(29)30-21-15-17-14-20(21)23-18-12-16(22(17)23)13-19(18)24(28)31-27(6-2)10-8-7-9-11-27;1-5-25(2,3)24(28)29-20-14-16-13-19(20)22-17-11-15(21(16)22)12-18(17)23(27)30-26(4)9-7-6-8-10-26/h15-27H,4-14H2,1-3H3;16-23H,5-15H2,1-4H3;15-22H,5-14H2,1-4H3. The van der Waals surface area contributed by atoms with Gasteiger partial charge in [0.05, 0.1) is 34.5 Å². The summed E-state index contributed by atoms with van der Waals surface area (Å²) in [5, 5.41) is 0. The molecule has 0 saturated heterocycles. The van der Waals surface area contributed by atoms with E-state index in [4.69, 9.17) is 28.4 Å². The zero-order chi connectivity index (χ0) is 66.6. The fourth-order valence-corrected chi connectivity index (χ4v) is 28.0. The molecule has 0 aliphatic heterocycles. The number of hydrogen-bond donors (Lipinski definition) is 0. The lowest BCUT2D eigenvalue weighted by atomic mass is 9.49. The van der Waals surface area contributed by atoms with Crippen molar-refractivity contribution in [2.75, 3.05) is 0 Å². The molecular weight excluding hydrogens is 1190 g/mol. The predicted octanol–water partition coefficient (Wildman–Crippen LogP) is 17.5. The Hall–Kier alpha value is -3.18. The first-order valence-electron chi connectivity index (χ1n) is 40.7. The van der Waals surface area contributed by atoms with Crippen LogP contribution in [0.5, 0.6) is 0 Å². The van der Waals surface area contributed by atoms with E-state index < -0.39 is 10.8 Å². The van der Waals surface area contributed by atoms with Gasteiger partial charge in [0.15, 0.2) is 0 Å². The number of carbonyl (C=O) groups is 6. The normalized spacial score (nSPS) is 47.0. The quantitative estimate of drug-likeness (QED) is 0.0772. The molecule has 0 aromatic rings. The Labute approximate surface area is 571 Å².